The predicted molar refractivity (Wildman–Crippen MR) is 92.7 cm³/mol. The number of carboxylic acid groups (broad SMARTS) is 1. The Balaban J connectivity index is 2.26. The minimum atomic E-state index is -1.11. The lowest BCUT2D eigenvalue weighted by Gasteiger charge is -2.16. The number of aliphatic carboxylic acids is 1. The van der Waals surface area contributed by atoms with Crippen molar-refractivity contribution in [1.82, 2.24) is 9.88 Å². The predicted octanol–water partition coefficient (Wildman–Crippen LogP) is 2.90. The molecule has 25 heavy (non-hydrogen) atoms. The third-order valence-electron chi connectivity index (χ3n) is 4.11. The number of amides is 1. The molecule has 0 saturated carbocycles. The van der Waals surface area contributed by atoms with Crippen LogP contribution in [0.4, 0.5) is 0 Å². The number of hydrogen-bond donors (Lipinski definition) is 2. The van der Waals surface area contributed by atoms with Gasteiger partial charge in [-0.15, -0.1) is 0 Å². The molecule has 1 aromatic heterocycles. The summed E-state index contributed by atoms with van der Waals surface area (Å²) >= 11 is 12.3. The van der Waals surface area contributed by atoms with E-state index in [0.29, 0.717) is 38.1 Å². The number of fused-ring (bicyclic) bond motifs is 1. The Kier molecular flexibility index (Phi) is 4.69. The molecule has 0 fully saturated rings. The van der Waals surface area contributed by atoms with Gasteiger partial charge < -0.3 is 15.1 Å². The molecule has 2 aromatic rings. The van der Waals surface area contributed by atoms with Gasteiger partial charge in [0.05, 0.1) is 24.4 Å². The van der Waals surface area contributed by atoms with E-state index in [1.165, 1.54) is 4.90 Å². The zero-order chi connectivity index (χ0) is 18.3. The van der Waals surface area contributed by atoms with Crippen LogP contribution in [-0.4, -0.2) is 38.5 Å². The monoisotopic (exact) mass is 380 g/mol. The van der Waals surface area contributed by atoms with Gasteiger partial charge in [0.25, 0.3) is 5.91 Å². The number of pyridine rings is 1. The standard InChI is InChI=1S/C17H14Cl2N2O4/c1-8-11(7-22)15(10-3-2-9(18)4-12(10)19)16-13(20-8)5-21(17(16)25)6-14(23)24/h2-4,22H,5-7H2,1H3,(H,23,24). The Bertz CT molecular complexity index is 899. The molecular formula is C17H14Cl2N2O4. The average molecular weight is 381 g/mol. The minimum Gasteiger partial charge on any atom is -0.480 e. The molecule has 1 aliphatic heterocycles. The van der Waals surface area contributed by atoms with Gasteiger partial charge in [0.1, 0.15) is 6.54 Å². The van der Waals surface area contributed by atoms with Crippen LogP contribution in [0.2, 0.25) is 10.0 Å². The molecule has 1 amide bonds. The molecular weight excluding hydrogens is 367 g/mol. The molecule has 0 spiro atoms. The molecule has 1 aromatic carbocycles. The molecule has 2 N–H and O–H groups in total. The minimum absolute atomic E-state index is 0.102. The van der Waals surface area contributed by atoms with E-state index in [1.54, 1.807) is 25.1 Å². The van der Waals surface area contributed by atoms with E-state index in [4.69, 9.17) is 28.3 Å². The Morgan fingerprint density at radius 1 is 1.32 bits per heavy atom. The molecule has 0 bridgehead atoms. The summed E-state index contributed by atoms with van der Waals surface area (Å²) in [4.78, 5) is 29.3. The van der Waals surface area contributed by atoms with Gasteiger partial charge in [-0.3, -0.25) is 14.6 Å². The first-order valence-corrected chi connectivity index (χ1v) is 8.18. The van der Waals surface area contributed by atoms with Crippen molar-refractivity contribution >= 4 is 35.1 Å². The topological polar surface area (TPSA) is 90.7 Å². The molecule has 0 unspecified atom stereocenters. The van der Waals surface area contributed by atoms with Gasteiger partial charge in [-0.05, 0) is 19.1 Å². The van der Waals surface area contributed by atoms with Crippen LogP contribution in [0.5, 0.6) is 0 Å². The van der Waals surface area contributed by atoms with Crippen LogP contribution >= 0.6 is 23.2 Å². The maximum absolute atomic E-state index is 12.8. The average Bonchev–Trinajstić information content (AvgIpc) is 2.81. The highest BCUT2D eigenvalue weighted by atomic mass is 35.5. The second-order valence-corrected chi connectivity index (χ2v) is 6.55. The second-order valence-electron chi connectivity index (χ2n) is 5.71. The lowest BCUT2D eigenvalue weighted by atomic mass is 9.93. The first-order valence-electron chi connectivity index (χ1n) is 7.43. The SMILES string of the molecule is Cc1nc2c(c(-c3ccc(Cl)cc3Cl)c1CO)C(=O)N(CC(=O)O)C2. The summed E-state index contributed by atoms with van der Waals surface area (Å²) in [5, 5.41) is 19.6. The fraction of sp³-hybridized carbons (Fsp3) is 0.235. The number of rotatable bonds is 4. The summed E-state index contributed by atoms with van der Waals surface area (Å²) in [6.45, 7) is 1.08. The van der Waals surface area contributed by atoms with Crippen molar-refractivity contribution in [2.24, 2.45) is 0 Å². The van der Waals surface area contributed by atoms with Crippen LogP contribution < -0.4 is 0 Å². The normalized spacial score (nSPS) is 13.3. The van der Waals surface area contributed by atoms with Gasteiger partial charge in [-0.1, -0.05) is 29.3 Å². The number of halogens is 2. The number of nitrogens with zero attached hydrogens (tertiary/aromatic N) is 2. The summed E-state index contributed by atoms with van der Waals surface area (Å²) in [6, 6.07) is 4.86. The number of carbonyl (C=O) groups is 2. The molecule has 3 rings (SSSR count). The highest BCUT2D eigenvalue weighted by Crippen LogP contribution is 2.39. The van der Waals surface area contributed by atoms with Crippen molar-refractivity contribution in [2.75, 3.05) is 6.54 Å². The number of benzene rings is 1. The summed E-state index contributed by atoms with van der Waals surface area (Å²) in [5.41, 5.74) is 2.81. The van der Waals surface area contributed by atoms with Crippen molar-refractivity contribution in [1.29, 1.82) is 0 Å². The number of aromatic nitrogens is 1. The lowest BCUT2D eigenvalue weighted by molar-refractivity contribution is -0.137. The van der Waals surface area contributed by atoms with E-state index in [2.05, 4.69) is 4.98 Å². The van der Waals surface area contributed by atoms with E-state index < -0.39 is 18.4 Å². The Morgan fingerprint density at radius 2 is 2.04 bits per heavy atom. The molecule has 0 saturated heterocycles. The van der Waals surface area contributed by atoms with Crippen molar-refractivity contribution in [3.8, 4) is 11.1 Å². The van der Waals surface area contributed by atoms with E-state index in [0.717, 1.165) is 0 Å². The Hall–Kier alpha value is -2.15. The third-order valence-corrected chi connectivity index (χ3v) is 4.65. The molecule has 1 aliphatic rings. The number of aliphatic hydroxyl groups excluding tert-OH is 1. The zero-order valence-electron chi connectivity index (χ0n) is 13.2. The van der Waals surface area contributed by atoms with Crippen molar-refractivity contribution in [3.05, 3.63) is 50.8 Å². The molecule has 8 heteroatoms. The molecule has 130 valence electrons. The third kappa shape index (κ3) is 3.08. The zero-order valence-corrected chi connectivity index (χ0v) is 14.7. The van der Waals surface area contributed by atoms with Crippen LogP contribution in [0.3, 0.4) is 0 Å². The number of carbonyl (C=O) groups excluding carboxylic acids is 1. The quantitative estimate of drug-likeness (QED) is 0.850. The van der Waals surface area contributed by atoms with Gasteiger partial charge >= 0.3 is 5.97 Å². The lowest BCUT2D eigenvalue weighted by Crippen LogP contribution is -2.30. The maximum Gasteiger partial charge on any atom is 0.323 e. The Morgan fingerprint density at radius 3 is 2.64 bits per heavy atom. The van der Waals surface area contributed by atoms with E-state index in [9.17, 15) is 14.7 Å². The smallest absolute Gasteiger partial charge is 0.323 e. The van der Waals surface area contributed by atoms with Gasteiger partial charge in [0.15, 0.2) is 0 Å². The number of aliphatic hydroxyl groups is 1. The van der Waals surface area contributed by atoms with E-state index >= 15 is 0 Å². The number of aryl methyl sites for hydroxylation is 1. The van der Waals surface area contributed by atoms with Gasteiger partial charge in [0.2, 0.25) is 0 Å². The fourth-order valence-corrected chi connectivity index (χ4v) is 3.53. The summed E-state index contributed by atoms with van der Waals surface area (Å²) in [7, 11) is 0. The Labute approximate surface area is 153 Å². The van der Waals surface area contributed by atoms with E-state index in [1.807, 2.05) is 0 Å². The van der Waals surface area contributed by atoms with Crippen molar-refractivity contribution in [2.45, 2.75) is 20.1 Å². The van der Waals surface area contributed by atoms with Crippen molar-refractivity contribution < 1.29 is 19.8 Å². The fourth-order valence-electron chi connectivity index (χ4n) is 3.03. The summed E-state index contributed by atoms with van der Waals surface area (Å²) < 4.78 is 0. The molecule has 2 heterocycles. The summed E-state index contributed by atoms with van der Waals surface area (Å²) in [5.74, 6) is -1.55. The van der Waals surface area contributed by atoms with Gasteiger partial charge in [-0.2, -0.15) is 0 Å². The molecule has 6 nitrogen and oxygen atoms in total. The van der Waals surface area contributed by atoms with Crippen LogP contribution in [-0.2, 0) is 17.9 Å². The van der Waals surface area contributed by atoms with Gasteiger partial charge in [-0.25, -0.2) is 0 Å². The molecule has 0 aliphatic carbocycles. The first-order chi connectivity index (χ1) is 11.8. The summed E-state index contributed by atoms with van der Waals surface area (Å²) in [6.07, 6.45) is 0. The van der Waals surface area contributed by atoms with Crippen LogP contribution in [0.1, 0.15) is 27.3 Å². The van der Waals surface area contributed by atoms with Crippen molar-refractivity contribution in [3.63, 3.8) is 0 Å². The van der Waals surface area contributed by atoms with Gasteiger partial charge in [0, 0.05) is 32.4 Å². The first kappa shape index (κ1) is 17.7. The highest BCUT2D eigenvalue weighted by Gasteiger charge is 2.35. The maximum atomic E-state index is 12.8. The number of hydrogen-bond acceptors (Lipinski definition) is 4. The largest absolute Gasteiger partial charge is 0.480 e. The molecule has 0 atom stereocenters. The second kappa shape index (κ2) is 6.63. The van der Waals surface area contributed by atoms with E-state index in [-0.39, 0.29) is 18.7 Å². The molecule has 0 radical (unpaired) electrons. The van der Waals surface area contributed by atoms with Crippen LogP contribution in [0, 0.1) is 6.92 Å². The highest BCUT2D eigenvalue weighted by molar-refractivity contribution is 6.36. The number of carboxylic acids is 1. The van der Waals surface area contributed by atoms with Crippen LogP contribution in [0.25, 0.3) is 11.1 Å². The van der Waals surface area contributed by atoms with Crippen LogP contribution in [0.15, 0.2) is 18.2 Å².